The zero-order valence-corrected chi connectivity index (χ0v) is 13.2. The summed E-state index contributed by atoms with van der Waals surface area (Å²) in [7, 11) is 0. The van der Waals surface area contributed by atoms with Crippen molar-refractivity contribution >= 4 is 22.7 Å². The minimum Gasteiger partial charge on any atom is -0.444 e. The van der Waals surface area contributed by atoms with Crippen molar-refractivity contribution in [2.75, 3.05) is 11.9 Å². The van der Waals surface area contributed by atoms with Crippen LogP contribution >= 0.6 is 0 Å². The number of nitrogens with zero attached hydrogens (tertiary/aromatic N) is 2. The number of likely N-dealkylation sites (tertiary alicyclic amines) is 1. The Morgan fingerprint density at radius 1 is 1.45 bits per heavy atom. The van der Waals surface area contributed by atoms with Crippen LogP contribution in [-0.4, -0.2) is 39.5 Å². The number of H-pyrrole nitrogens is 1. The van der Waals surface area contributed by atoms with E-state index in [1.165, 1.54) is 0 Å². The van der Waals surface area contributed by atoms with Gasteiger partial charge in [-0.3, -0.25) is 10.00 Å². The minimum atomic E-state index is -0.472. The fraction of sp³-hybridized carbons (Fsp3) is 0.500. The summed E-state index contributed by atoms with van der Waals surface area (Å²) in [6, 6.07) is 6.01. The summed E-state index contributed by atoms with van der Waals surface area (Å²) in [4.78, 5) is 14.0. The van der Waals surface area contributed by atoms with E-state index in [1.54, 1.807) is 11.1 Å². The first-order valence-electron chi connectivity index (χ1n) is 7.62. The smallest absolute Gasteiger partial charge is 0.411 e. The summed E-state index contributed by atoms with van der Waals surface area (Å²) in [6.07, 6.45) is 3.40. The summed E-state index contributed by atoms with van der Waals surface area (Å²) >= 11 is 0. The molecule has 22 heavy (non-hydrogen) atoms. The number of benzene rings is 1. The number of hydrogen-bond acceptors (Lipinski definition) is 4. The lowest BCUT2D eigenvalue weighted by atomic mass is 10.2. The van der Waals surface area contributed by atoms with E-state index in [0.717, 1.165) is 36.0 Å². The van der Waals surface area contributed by atoms with Crippen molar-refractivity contribution in [3.05, 3.63) is 24.4 Å². The van der Waals surface area contributed by atoms with Gasteiger partial charge in [0.1, 0.15) is 11.8 Å². The minimum absolute atomic E-state index is 0.0285. The van der Waals surface area contributed by atoms with Crippen LogP contribution < -0.4 is 5.32 Å². The molecule has 118 valence electrons. The van der Waals surface area contributed by atoms with Crippen molar-refractivity contribution in [3.8, 4) is 0 Å². The van der Waals surface area contributed by atoms with Gasteiger partial charge in [0.05, 0.1) is 11.7 Å². The van der Waals surface area contributed by atoms with Gasteiger partial charge in [0.15, 0.2) is 0 Å². The molecule has 0 saturated carbocycles. The Morgan fingerprint density at radius 2 is 2.27 bits per heavy atom. The number of amides is 1. The Kier molecular flexibility index (Phi) is 3.68. The number of carbonyl (C=O) groups is 1. The molecular formula is C16H22N4O2. The maximum Gasteiger partial charge on any atom is 0.411 e. The maximum atomic E-state index is 12.3. The molecule has 1 saturated heterocycles. The average Bonchev–Trinajstić information content (AvgIpc) is 3.04. The molecule has 2 heterocycles. The number of fused-ring (bicyclic) bond motifs is 1. The van der Waals surface area contributed by atoms with E-state index in [2.05, 4.69) is 15.5 Å². The first kappa shape index (κ1) is 14.7. The zero-order chi connectivity index (χ0) is 15.7. The van der Waals surface area contributed by atoms with Gasteiger partial charge in [-0.15, -0.1) is 0 Å². The normalized spacial score (nSPS) is 18.7. The summed E-state index contributed by atoms with van der Waals surface area (Å²) < 4.78 is 5.48. The number of nitrogens with one attached hydrogen (secondary N) is 2. The third-order valence-corrected chi connectivity index (χ3v) is 3.65. The highest BCUT2D eigenvalue weighted by atomic mass is 16.6. The number of hydrogen-bond donors (Lipinski definition) is 2. The van der Waals surface area contributed by atoms with Crippen molar-refractivity contribution in [3.63, 3.8) is 0 Å². The van der Waals surface area contributed by atoms with Crippen LogP contribution in [-0.2, 0) is 4.74 Å². The van der Waals surface area contributed by atoms with Crippen LogP contribution in [0.15, 0.2) is 24.4 Å². The SMILES string of the molecule is CC(C)(C)OC(=O)N1CCCC1Nc1ccc2[nH]ncc2c1. The second-order valence-corrected chi connectivity index (χ2v) is 6.65. The lowest BCUT2D eigenvalue weighted by Gasteiger charge is -2.29. The number of anilines is 1. The molecule has 2 aromatic rings. The van der Waals surface area contributed by atoms with Crippen LogP contribution in [0, 0.1) is 0 Å². The van der Waals surface area contributed by atoms with E-state index in [-0.39, 0.29) is 12.3 Å². The molecule has 1 atom stereocenters. The van der Waals surface area contributed by atoms with Crippen LogP contribution in [0.1, 0.15) is 33.6 Å². The average molecular weight is 302 g/mol. The topological polar surface area (TPSA) is 70.2 Å². The van der Waals surface area contributed by atoms with E-state index >= 15 is 0 Å². The first-order chi connectivity index (χ1) is 10.4. The molecule has 1 aliphatic rings. The van der Waals surface area contributed by atoms with Crippen LogP contribution in [0.4, 0.5) is 10.5 Å². The fourth-order valence-electron chi connectivity index (χ4n) is 2.68. The number of ether oxygens (including phenoxy) is 1. The molecule has 1 unspecified atom stereocenters. The van der Waals surface area contributed by atoms with E-state index < -0.39 is 5.60 Å². The van der Waals surface area contributed by atoms with E-state index in [0.29, 0.717) is 0 Å². The van der Waals surface area contributed by atoms with Gasteiger partial charge in [0.2, 0.25) is 0 Å². The standard InChI is InChI=1S/C16H22N4O2/c1-16(2,3)22-15(21)20-8-4-5-14(20)18-12-6-7-13-11(9-12)10-17-19-13/h6-7,9-10,14,18H,4-5,8H2,1-3H3,(H,17,19). The van der Waals surface area contributed by atoms with Gasteiger partial charge in [-0.1, -0.05) is 0 Å². The molecular weight excluding hydrogens is 280 g/mol. The van der Waals surface area contributed by atoms with E-state index in [4.69, 9.17) is 4.74 Å². The number of aromatic nitrogens is 2. The molecule has 0 bridgehead atoms. The van der Waals surface area contributed by atoms with Gasteiger partial charge in [-0.25, -0.2) is 4.79 Å². The highest BCUT2D eigenvalue weighted by Gasteiger charge is 2.32. The molecule has 1 amide bonds. The molecule has 6 heteroatoms. The zero-order valence-electron chi connectivity index (χ0n) is 13.2. The van der Waals surface area contributed by atoms with Crippen molar-refractivity contribution in [2.24, 2.45) is 0 Å². The van der Waals surface area contributed by atoms with E-state index in [1.807, 2.05) is 39.0 Å². The van der Waals surface area contributed by atoms with Gasteiger partial charge < -0.3 is 10.1 Å². The molecule has 1 aromatic carbocycles. The van der Waals surface area contributed by atoms with Crippen molar-refractivity contribution < 1.29 is 9.53 Å². The second kappa shape index (κ2) is 5.51. The molecule has 1 fully saturated rings. The Morgan fingerprint density at radius 3 is 3.05 bits per heavy atom. The largest absolute Gasteiger partial charge is 0.444 e. The van der Waals surface area contributed by atoms with Gasteiger partial charge in [-0.05, 0) is 51.8 Å². The van der Waals surface area contributed by atoms with Crippen molar-refractivity contribution in [1.29, 1.82) is 0 Å². The number of carbonyl (C=O) groups excluding carboxylic acids is 1. The summed E-state index contributed by atoms with van der Waals surface area (Å²) in [5, 5.41) is 11.4. The molecule has 0 spiro atoms. The summed E-state index contributed by atoms with van der Waals surface area (Å²) in [5.41, 5.74) is 1.51. The van der Waals surface area contributed by atoms with Crippen molar-refractivity contribution in [1.82, 2.24) is 15.1 Å². The maximum absolute atomic E-state index is 12.3. The third-order valence-electron chi connectivity index (χ3n) is 3.65. The second-order valence-electron chi connectivity index (χ2n) is 6.65. The predicted octanol–water partition coefficient (Wildman–Crippen LogP) is 3.33. The summed E-state index contributed by atoms with van der Waals surface area (Å²) in [5.74, 6) is 0. The highest BCUT2D eigenvalue weighted by molar-refractivity contribution is 5.82. The lowest BCUT2D eigenvalue weighted by Crippen LogP contribution is -2.43. The van der Waals surface area contributed by atoms with Gasteiger partial charge in [0.25, 0.3) is 0 Å². The lowest BCUT2D eigenvalue weighted by molar-refractivity contribution is 0.0244. The Bertz CT molecular complexity index is 674. The first-order valence-corrected chi connectivity index (χ1v) is 7.62. The quantitative estimate of drug-likeness (QED) is 0.892. The fourth-order valence-corrected chi connectivity index (χ4v) is 2.68. The molecule has 1 aliphatic heterocycles. The number of rotatable bonds is 2. The van der Waals surface area contributed by atoms with Crippen LogP contribution in [0.25, 0.3) is 10.9 Å². The van der Waals surface area contributed by atoms with Gasteiger partial charge >= 0.3 is 6.09 Å². The molecule has 2 N–H and O–H groups in total. The highest BCUT2D eigenvalue weighted by Crippen LogP contribution is 2.24. The Balaban J connectivity index is 1.71. The molecule has 3 rings (SSSR count). The summed E-state index contributed by atoms with van der Waals surface area (Å²) in [6.45, 7) is 6.38. The van der Waals surface area contributed by atoms with E-state index in [9.17, 15) is 4.79 Å². The Hall–Kier alpha value is -2.24. The van der Waals surface area contributed by atoms with Gasteiger partial charge in [0, 0.05) is 17.6 Å². The molecule has 6 nitrogen and oxygen atoms in total. The van der Waals surface area contributed by atoms with Crippen LogP contribution in [0.3, 0.4) is 0 Å². The predicted molar refractivity (Wildman–Crippen MR) is 85.7 cm³/mol. The molecule has 0 aliphatic carbocycles. The van der Waals surface area contributed by atoms with Gasteiger partial charge in [-0.2, -0.15) is 5.10 Å². The molecule has 1 aromatic heterocycles. The third kappa shape index (κ3) is 3.16. The monoisotopic (exact) mass is 302 g/mol. The Labute approximate surface area is 129 Å². The number of aromatic amines is 1. The van der Waals surface area contributed by atoms with Crippen LogP contribution in [0.2, 0.25) is 0 Å². The van der Waals surface area contributed by atoms with Crippen molar-refractivity contribution in [2.45, 2.75) is 45.4 Å². The van der Waals surface area contributed by atoms with Crippen LogP contribution in [0.5, 0.6) is 0 Å². The molecule has 0 radical (unpaired) electrons.